The van der Waals surface area contributed by atoms with Crippen molar-refractivity contribution >= 4 is 32.4 Å². The van der Waals surface area contributed by atoms with Crippen molar-refractivity contribution in [2.45, 2.75) is 26.7 Å². The van der Waals surface area contributed by atoms with Crippen molar-refractivity contribution in [1.82, 2.24) is 0 Å². The molecule has 0 heterocycles. The zero-order chi connectivity index (χ0) is 13.0. The number of halogens is 1. The van der Waals surface area contributed by atoms with Gasteiger partial charge in [-0.2, -0.15) is 0 Å². The van der Waals surface area contributed by atoms with Crippen LogP contribution in [0.25, 0.3) is 10.8 Å². The average molecular weight is 306 g/mol. The highest BCUT2D eigenvalue weighted by Crippen LogP contribution is 2.29. The fourth-order valence-corrected chi connectivity index (χ4v) is 2.63. The molecule has 0 saturated heterocycles. The standard InChI is InChI=1S/C16H20BrN/c1-12(2)6-5-11-18-16-10-9-15(17)13-7-3-4-8-14(13)16/h3-4,7-10,12,18H,5-6,11H2,1-2H3. The summed E-state index contributed by atoms with van der Waals surface area (Å²) in [5.74, 6) is 0.786. The van der Waals surface area contributed by atoms with Gasteiger partial charge in [-0.1, -0.05) is 54.0 Å². The molecule has 0 aromatic heterocycles. The minimum atomic E-state index is 0.786. The fourth-order valence-electron chi connectivity index (χ4n) is 2.15. The number of hydrogen-bond acceptors (Lipinski definition) is 1. The largest absolute Gasteiger partial charge is 0.385 e. The van der Waals surface area contributed by atoms with E-state index in [1.54, 1.807) is 0 Å². The lowest BCUT2D eigenvalue weighted by atomic mass is 10.1. The van der Waals surface area contributed by atoms with E-state index in [0.717, 1.165) is 16.9 Å². The van der Waals surface area contributed by atoms with Crippen LogP contribution in [0.5, 0.6) is 0 Å². The molecule has 2 aromatic carbocycles. The summed E-state index contributed by atoms with van der Waals surface area (Å²) >= 11 is 3.60. The zero-order valence-electron chi connectivity index (χ0n) is 11.0. The van der Waals surface area contributed by atoms with Gasteiger partial charge in [0.25, 0.3) is 0 Å². The molecule has 2 aromatic rings. The molecule has 0 amide bonds. The number of anilines is 1. The lowest BCUT2D eigenvalue weighted by Gasteiger charge is -2.11. The molecule has 0 saturated carbocycles. The van der Waals surface area contributed by atoms with Crippen LogP contribution in [-0.2, 0) is 0 Å². The minimum absolute atomic E-state index is 0.786. The van der Waals surface area contributed by atoms with Crippen LogP contribution in [0.15, 0.2) is 40.9 Å². The molecular weight excluding hydrogens is 286 g/mol. The molecule has 0 atom stereocenters. The average Bonchev–Trinajstić information content (AvgIpc) is 2.37. The highest BCUT2D eigenvalue weighted by Gasteiger charge is 2.03. The van der Waals surface area contributed by atoms with E-state index in [-0.39, 0.29) is 0 Å². The fraction of sp³-hybridized carbons (Fsp3) is 0.375. The molecule has 1 nitrogen and oxygen atoms in total. The second kappa shape index (κ2) is 6.24. The summed E-state index contributed by atoms with van der Waals surface area (Å²) in [4.78, 5) is 0. The van der Waals surface area contributed by atoms with Gasteiger partial charge in [0.1, 0.15) is 0 Å². The number of rotatable bonds is 5. The third-order valence-corrected chi connectivity index (χ3v) is 3.84. The van der Waals surface area contributed by atoms with Gasteiger partial charge in [0.15, 0.2) is 0 Å². The molecule has 2 rings (SSSR count). The van der Waals surface area contributed by atoms with Crippen LogP contribution in [0.2, 0.25) is 0 Å². The quantitative estimate of drug-likeness (QED) is 0.724. The molecule has 1 N–H and O–H groups in total. The molecule has 0 aliphatic carbocycles. The number of benzene rings is 2. The third-order valence-electron chi connectivity index (χ3n) is 3.14. The van der Waals surface area contributed by atoms with E-state index in [2.05, 4.69) is 71.5 Å². The summed E-state index contributed by atoms with van der Waals surface area (Å²) in [6.07, 6.45) is 2.50. The molecule has 0 radical (unpaired) electrons. The third kappa shape index (κ3) is 3.26. The predicted octanol–water partition coefficient (Wildman–Crippen LogP) is 5.45. The molecule has 0 spiro atoms. The summed E-state index contributed by atoms with van der Waals surface area (Å²) in [6, 6.07) is 12.8. The van der Waals surface area contributed by atoms with Crippen molar-refractivity contribution < 1.29 is 0 Å². The molecule has 18 heavy (non-hydrogen) atoms. The second-order valence-corrected chi connectivity index (χ2v) is 5.96. The molecule has 0 fully saturated rings. The smallest absolute Gasteiger partial charge is 0.0420 e. The molecule has 96 valence electrons. The Bertz CT molecular complexity index is 519. The Morgan fingerprint density at radius 2 is 1.78 bits per heavy atom. The van der Waals surface area contributed by atoms with Crippen molar-refractivity contribution in [3.63, 3.8) is 0 Å². The van der Waals surface area contributed by atoms with Gasteiger partial charge >= 0.3 is 0 Å². The predicted molar refractivity (Wildman–Crippen MR) is 84.2 cm³/mol. The van der Waals surface area contributed by atoms with E-state index in [0.29, 0.717) is 0 Å². The first-order valence-electron chi connectivity index (χ1n) is 6.59. The van der Waals surface area contributed by atoms with Crippen molar-refractivity contribution in [1.29, 1.82) is 0 Å². The molecule has 2 heteroatoms. The van der Waals surface area contributed by atoms with Crippen molar-refractivity contribution in [2.75, 3.05) is 11.9 Å². The van der Waals surface area contributed by atoms with E-state index in [9.17, 15) is 0 Å². The van der Waals surface area contributed by atoms with Crippen LogP contribution in [0, 0.1) is 5.92 Å². The highest BCUT2D eigenvalue weighted by atomic mass is 79.9. The highest BCUT2D eigenvalue weighted by molar-refractivity contribution is 9.10. The zero-order valence-corrected chi connectivity index (χ0v) is 12.6. The second-order valence-electron chi connectivity index (χ2n) is 5.10. The summed E-state index contributed by atoms with van der Waals surface area (Å²) < 4.78 is 1.16. The van der Waals surface area contributed by atoms with Gasteiger partial charge in [0.05, 0.1) is 0 Å². The van der Waals surface area contributed by atoms with Crippen molar-refractivity contribution in [3.8, 4) is 0 Å². The van der Waals surface area contributed by atoms with Crippen LogP contribution in [-0.4, -0.2) is 6.54 Å². The molecular formula is C16H20BrN. The Labute approximate surface area is 118 Å². The van der Waals surface area contributed by atoms with Crippen LogP contribution in [0.4, 0.5) is 5.69 Å². The first kappa shape index (κ1) is 13.4. The van der Waals surface area contributed by atoms with Gasteiger partial charge in [-0.05, 0) is 36.3 Å². The maximum Gasteiger partial charge on any atom is 0.0420 e. The Hall–Kier alpha value is -1.02. The number of fused-ring (bicyclic) bond motifs is 1. The van der Waals surface area contributed by atoms with Crippen molar-refractivity contribution in [3.05, 3.63) is 40.9 Å². The van der Waals surface area contributed by atoms with Crippen molar-refractivity contribution in [2.24, 2.45) is 5.92 Å². The van der Waals surface area contributed by atoms with E-state index in [4.69, 9.17) is 0 Å². The Kier molecular flexibility index (Phi) is 4.65. The Balaban J connectivity index is 2.11. The topological polar surface area (TPSA) is 12.0 Å². The summed E-state index contributed by atoms with van der Waals surface area (Å²) in [5.41, 5.74) is 1.23. The van der Waals surface area contributed by atoms with Crippen LogP contribution < -0.4 is 5.32 Å². The first-order valence-corrected chi connectivity index (χ1v) is 7.39. The van der Waals surface area contributed by atoms with Crippen LogP contribution >= 0.6 is 15.9 Å². The minimum Gasteiger partial charge on any atom is -0.385 e. The lowest BCUT2D eigenvalue weighted by Crippen LogP contribution is -2.03. The summed E-state index contributed by atoms with van der Waals surface area (Å²) in [6.45, 7) is 5.59. The van der Waals surface area contributed by atoms with Gasteiger partial charge in [-0.25, -0.2) is 0 Å². The van der Waals surface area contributed by atoms with Gasteiger partial charge < -0.3 is 5.32 Å². The van der Waals surface area contributed by atoms with Gasteiger partial charge in [0.2, 0.25) is 0 Å². The number of nitrogens with one attached hydrogen (secondary N) is 1. The van der Waals surface area contributed by atoms with Gasteiger partial charge in [0, 0.05) is 22.1 Å². The van der Waals surface area contributed by atoms with Gasteiger partial charge in [-0.15, -0.1) is 0 Å². The molecule has 0 unspecified atom stereocenters. The SMILES string of the molecule is CC(C)CCCNc1ccc(Br)c2ccccc12. The van der Waals surface area contributed by atoms with Gasteiger partial charge in [-0.3, -0.25) is 0 Å². The summed E-state index contributed by atoms with van der Waals surface area (Å²) in [7, 11) is 0. The Morgan fingerprint density at radius 3 is 2.50 bits per heavy atom. The van der Waals surface area contributed by atoms with E-state index in [1.165, 1.54) is 29.3 Å². The number of hydrogen-bond donors (Lipinski definition) is 1. The lowest BCUT2D eigenvalue weighted by molar-refractivity contribution is 0.567. The molecule has 0 aliphatic heterocycles. The van der Waals surface area contributed by atoms with Crippen LogP contribution in [0.3, 0.4) is 0 Å². The monoisotopic (exact) mass is 305 g/mol. The van der Waals surface area contributed by atoms with E-state index < -0.39 is 0 Å². The summed E-state index contributed by atoms with van der Waals surface area (Å²) in [5, 5.41) is 6.11. The maximum absolute atomic E-state index is 3.60. The molecule has 0 bridgehead atoms. The Morgan fingerprint density at radius 1 is 1.06 bits per heavy atom. The molecule has 0 aliphatic rings. The van der Waals surface area contributed by atoms with E-state index >= 15 is 0 Å². The van der Waals surface area contributed by atoms with E-state index in [1.807, 2.05) is 0 Å². The maximum atomic E-state index is 3.60. The van der Waals surface area contributed by atoms with Crippen LogP contribution in [0.1, 0.15) is 26.7 Å². The first-order chi connectivity index (χ1) is 8.68. The normalized spacial score (nSPS) is 11.1.